The van der Waals surface area contributed by atoms with Crippen LogP contribution in [0.4, 0.5) is 0 Å². The Bertz CT molecular complexity index is 492. The zero-order valence-electron chi connectivity index (χ0n) is 11.6. The summed E-state index contributed by atoms with van der Waals surface area (Å²) < 4.78 is 26.2. The molecule has 0 aliphatic heterocycles. The van der Waals surface area contributed by atoms with Crippen molar-refractivity contribution in [3.63, 3.8) is 0 Å². The summed E-state index contributed by atoms with van der Waals surface area (Å²) in [5.41, 5.74) is 0.834. The lowest BCUT2D eigenvalue weighted by Gasteiger charge is -2.17. The van der Waals surface area contributed by atoms with Gasteiger partial charge in [0.2, 0.25) is 10.0 Å². The molecule has 18 heavy (non-hydrogen) atoms. The Morgan fingerprint density at radius 1 is 1.44 bits per heavy atom. The summed E-state index contributed by atoms with van der Waals surface area (Å²) >= 11 is 1.50. The van der Waals surface area contributed by atoms with Crippen molar-refractivity contribution in [1.82, 2.24) is 9.62 Å². The Morgan fingerprint density at radius 2 is 2.06 bits per heavy atom. The minimum absolute atomic E-state index is 0.340. The summed E-state index contributed by atoms with van der Waals surface area (Å²) in [6.07, 6.45) is 0. The molecule has 0 radical (unpaired) electrons. The Balaban J connectivity index is 3.12. The topological polar surface area (TPSA) is 49.4 Å². The first-order valence-corrected chi connectivity index (χ1v) is 8.39. The molecule has 1 N–H and O–H groups in total. The van der Waals surface area contributed by atoms with Crippen LogP contribution in [0.3, 0.4) is 0 Å². The number of hydrogen-bond donors (Lipinski definition) is 1. The van der Waals surface area contributed by atoms with Crippen LogP contribution in [0.1, 0.15) is 31.2 Å². The smallest absolute Gasteiger partial charge is 0.244 e. The second-order valence-corrected chi connectivity index (χ2v) is 7.57. The van der Waals surface area contributed by atoms with Gasteiger partial charge < -0.3 is 5.32 Å². The maximum atomic E-state index is 12.4. The molecular weight excluding hydrogens is 268 g/mol. The number of nitrogens with one attached hydrogen (secondary N) is 1. The summed E-state index contributed by atoms with van der Waals surface area (Å²) in [5.74, 6) is 0. The van der Waals surface area contributed by atoms with E-state index in [1.807, 2.05) is 33.1 Å². The van der Waals surface area contributed by atoms with E-state index in [2.05, 4.69) is 5.32 Å². The fourth-order valence-electron chi connectivity index (χ4n) is 1.58. The maximum absolute atomic E-state index is 12.4. The van der Waals surface area contributed by atoms with Crippen molar-refractivity contribution in [2.45, 2.75) is 45.2 Å². The van der Waals surface area contributed by atoms with Crippen LogP contribution in [0.2, 0.25) is 0 Å². The molecule has 1 aromatic heterocycles. The van der Waals surface area contributed by atoms with Crippen LogP contribution in [0, 0.1) is 6.92 Å². The number of rotatable bonds is 6. The van der Waals surface area contributed by atoms with Crippen molar-refractivity contribution in [1.29, 1.82) is 0 Å². The van der Waals surface area contributed by atoms with Gasteiger partial charge in [0.25, 0.3) is 0 Å². The van der Waals surface area contributed by atoms with Crippen molar-refractivity contribution < 1.29 is 8.42 Å². The molecule has 1 rings (SSSR count). The minimum Gasteiger partial charge on any atom is -0.310 e. The molecule has 0 unspecified atom stereocenters. The predicted molar refractivity (Wildman–Crippen MR) is 76.5 cm³/mol. The Hall–Kier alpha value is -0.430. The molecule has 4 nitrogen and oxygen atoms in total. The molecule has 6 heteroatoms. The minimum atomic E-state index is -3.35. The van der Waals surface area contributed by atoms with Crippen molar-refractivity contribution in [3.05, 3.63) is 15.8 Å². The fraction of sp³-hybridized carbons (Fsp3) is 0.667. The zero-order valence-corrected chi connectivity index (χ0v) is 13.3. The van der Waals surface area contributed by atoms with Gasteiger partial charge in [0.05, 0.1) is 0 Å². The molecule has 0 spiro atoms. The molecule has 0 bridgehead atoms. The van der Waals surface area contributed by atoms with Crippen LogP contribution in [0.15, 0.2) is 10.3 Å². The Labute approximate surface area is 114 Å². The molecule has 1 heterocycles. The SMILES string of the molecule is CCN(C)S(=O)(=O)c1c(C)csc1CNC(C)C. The Kier molecular flexibility index (Phi) is 5.33. The highest BCUT2D eigenvalue weighted by atomic mass is 32.2. The van der Waals surface area contributed by atoms with Gasteiger partial charge in [0.15, 0.2) is 0 Å². The molecule has 0 fully saturated rings. The Morgan fingerprint density at radius 3 is 2.56 bits per heavy atom. The standard InChI is InChI=1S/C12H22N2O2S2/c1-6-14(5)18(15,16)12-10(4)8-17-11(12)7-13-9(2)3/h8-9,13H,6-7H2,1-5H3. The largest absolute Gasteiger partial charge is 0.310 e. The highest BCUT2D eigenvalue weighted by Crippen LogP contribution is 2.29. The second-order valence-electron chi connectivity index (χ2n) is 4.63. The number of hydrogen-bond acceptors (Lipinski definition) is 4. The lowest BCUT2D eigenvalue weighted by Crippen LogP contribution is -2.29. The van der Waals surface area contributed by atoms with Crippen molar-refractivity contribution in [2.75, 3.05) is 13.6 Å². The average Bonchev–Trinajstić information content (AvgIpc) is 2.67. The summed E-state index contributed by atoms with van der Waals surface area (Å²) in [6.45, 7) is 8.87. The molecule has 0 saturated carbocycles. The van der Waals surface area contributed by atoms with Crippen LogP contribution in [0.5, 0.6) is 0 Å². The lowest BCUT2D eigenvalue weighted by atomic mass is 10.3. The lowest BCUT2D eigenvalue weighted by molar-refractivity contribution is 0.484. The molecule has 0 amide bonds. The third-order valence-corrected chi connectivity index (χ3v) is 6.17. The molecule has 0 atom stereocenters. The van der Waals surface area contributed by atoms with Gasteiger partial charge in [-0.1, -0.05) is 20.8 Å². The molecule has 0 aliphatic carbocycles. The predicted octanol–water partition coefficient (Wildman–Crippen LogP) is 2.19. The molecule has 0 aliphatic rings. The monoisotopic (exact) mass is 290 g/mol. The zero-order chi connectivity index (χ0) is 13.9. The van der Waals surface area contributed by atoms with E-state index in [0.717, 1.165) is 10.4 Å². The summed E-state index contributed by atoms with van der Waals surface area (Å²) in [6, 6.07) is 0.340. The molecule has 0 saturated heterocycles. The highest BCUT2D eigenvalue weighted by molar-refractivity contribution is 7.89. The van der Waals surface area contributed by atoms with Crippen LogP contribution >= 0.6 is 11.3 Å². The van der Waals surface area contributed by atoms with Crippen LogP contribution in [0.25, 0.3) is 0 Å². The van der Waals surface area contributed by atoms with E-state index in [0.29, 0.717) is 24.0 Å². The van der Waals surface area contributed by atoms with Crippen molar-refractivity contribution in [2.24, 2.45) is 0 Å². The van der Waals surface area contributed by atoms with Gasteiger partial charge in [0.1, 0.15) is 4.90 Å². The first kappa shape index (κ1) is 15.6. The molecular formula is C12H22N2O2S2. The quantitative estimate of drug-likeness (QED) is 0.874. The maximum Gasteiger partial charge on any atom is 0.244 e. The van der Waals surface area contributed by atoms with Crippen LogP contribution in [-0.4, -0.2) is 32.4 Å². The average molecular weight is 290 g/mol. The second kappa shape index (κ2) is 6.14. The van der Waals surface area contributed by atoms with Crippen molar-refractivity contribution >= 4 is 21.4 Å². The number of thiophene rings is 1. The molecule has 1 aromatic rings. The van der Waals surface area contributed by atoms with Gasteiger partial charge >= 0.3 is 0 Å². The highest BCUT2D eigenvalue weighted by Gasteiger charge is 2.26. The van der Waals surface area contributed by atoms with Crippen LogP contribution < -0.4 is 5.32 Å². The third-order valence-electron chi connectivity index (χ3n) is 2.77. The van der Waals surface area contributed by atoms with Gasteiger partial charge in [-0.3, -0.25) is 0 Å². The third kappa shape index (κ3) is 3.32. The number of nitrogens with zero attached hydrogens (tertiary/aromatic N) is 1. The van der Waals surface area contributed by atoms with E-state index < -0.39 is 10.0 Å². The summed E-state index contributed by atoms with van der Waals surface area (Å²) in [5, 5.41) is 5.18. The van der Waals surface area contributed by atoms with Crippen molar-refractivity contribution in [3.8, 4) is 0 Å². The van der Waals surface area contributed by atoms with Gasteiger partial charge in [-0.15, -0.1) is 11.3 Å². The number of sulfonamides is 1. The van der Waals surface area contributed by atoms with Gasteiger partial charge in [-0.05, 0) is 17.9 Å². The van der Waals surface area contributed by atoms with Gasteiger partial charge in [-0.25, -0.2) is 12.7 Å². The fourth-order valence-corrected chi connectivity index (χ4v) is 4.46. The normalized spacial score (nSPS) is 12.6. The van der Waals surface area contributed by atoms with E-state index in [-0.39, 0.29) is 0 Å². The van der Waals surface area contributed by atoms with E-state index in [9.17, 15) is 8.42 Å². The van der Waals surface area contributed by atoms with E-state index in [1.54, 1.807) is 7.05 Å². The van der Waals surface area contributed by atoms with Gasteiger partial charge in [0, 0.05) is 31.1 Å². The van der Waals surface area contributed by atoms with E-state index >= 15 is 0 Å². The molecule has 104 valence electrons. The van der Waals surface area contributed by atoms with E-state index in [4.69, 9.17) is 0 Å². The summed E-state index contributed by atoms with van der Waals surface area (Å²) in [4.78, 5) is 1.37. The first-order valence-electron chi connectivity index (χ1n) is 6.07. The van der Waals surface area contributed by atoms with Gasteiger partial charge in [-0.2, -0.15) is 0 Å². The summed E-state index contributed by atoms with van der Waals surface area (Å²) in [7, 11) is -1.73. The first-order chi connectivity index (χ1) is 8.30. The number of aryl methyl sites for hydroxylation is 1. The van der Waals surface area contributed by atoms with E-state index in [1.165, 1.54) is 15.6 Å². The van der Waals surface area contributed by atoms with Crippen LogP contribution in [-0.2, 0) is 16.6 Å². The molecule has 0 aromatic carbocycles.